The summed E-state index contributed by atoms with van der Waals surface area (Å²) in [6.45, 7) is 8.95. The predicted octanol–water partition coefficient (Wildman–Crippen LogP) is 2.29. The van der Waals surface area contributed by atoms with Crippen LogP contribution in [0.2, 0.25) is 0 Å². The van der Waals surface area contributed by atoms with Crippen LogP contribution in [0.15, 0.2) is 0 Å². The minimum atomic E-state index is 0.606. The van der Waals surface area contributed by atoms with Crippen molar-refractivity contribution in [3.05, 3.63) is 0 Å². The molecule has 84 valence electrons. The van der Waals surface area contributed by atoms with Crippen molar-refractivity contribution < 1.29 is 0 Å². The molecule has 0 aromatic carbocycles. The summed E-state index contributed by atoms with van der Waals surface area (Å²) in [6, 6.07) is 2.58. The Kier molecular flexibility index (Phi) is 4.90. The van der Waals surface area contributed by atoms with Crippen molar-refractivity contribution in [2.75, 3.05) is 0 Å². The van der Waals surface area contributed by atoms with Crippen LogP contribution in [0.1, 0.15) is 53.4 Å². The molecule has 1 rings (SSSR count). The van der Waals surface area contributed by atoms with Crippen LogP contribution in [0.25, 0.3) is 0 Å². The lowest BCUT2D eigenvalue weighted by Gasteiger charge is -2.35. The van der Waals surface area contributed by atoms with E-state index >= 15 is 0 Å². The maximum atomic E-state index is 3.67. The van der Waals surface area contributed by atoms with E-state index in [9.17, 15) is 0 Å². The zero-order valence-electron chi connectivity index (χ0n) is 10.1. The van der Waals surface area contributed by atoms with Crippen LogP contribution in [0.5, 0.6) is 0 Å². The Morgan fingerprint density at radius 2 is 1.14 bits per heavy atom. The van der Waals surface area contributed by atoms with Crippen molar-refractivity contribution in [2.24, 2.45) is 0 Å². The molecule has 0 amide bonds. The van der Waals surface area contributed by atoms with E-state index in [1.54, 1.807) is 0 Å². The Balaban J connectivity index is 2.41. The smallest absolute Gasteiger partial charge is 0.0223 e. The third-order valence-electron chi connectivity index (χ3n) is 2.86. The first-order valence-electron chi connectivity index (χ1n) is 6.11. The highest BCUT2D eigenvalue weighted by molar-refractivity contribution is 4.87. The SMILES string of the molecule is CC(C)NC1CCCCC1NC(C)C. The van der Waals surface area contributed by atoms with Gasteiger partial charge < -0.3 is 10.6 Å². The van der Waals surface area contributed by atoms with Crippen LogP contribution >= 0.6 is 0 Å². The molecule has 2 unspecified atom stereocenters. The maximum absolute atomic E-state index is 3.67. The van der Waals surface area contributed by atoms with E-state index < -0.39 is 0 Å². The average molecular weight is 198 g/mol. The van der Waals surface area contributed by atoms with Crippen molar-refractivity contribution in [3.63, 3.8) is 0 Å². The second-order valence-corrected chi connectivity index (χ2v) is 5.14. The quantitative estimate of drug-likeness (QED) is 0.724. The van der Waals surface area contributed by atoms with Gasteiger partial charge in [-0.25, -0.2) is 0 Å². The van der Waals surface area contributed by atoms with Gasteiger partial charge in [0.2, 0.25) is 0 Å². The molecule has 0 heterocycles. The summed E-state index contributed by atoms with van der Waals surface area (Å²) < 4.78 is 0. The third kappa shape index (κ3) is 3.97. The maximum Gasteiger partial charge on any atom is 0.0223 e. The van der Waals surface area contributed by atoms with E-state index in [0.717, 1.165) is 0 Å². The Hall–Kier alpha value is -0.0800. The molecule has 14 heavy (non-hydrogen) atoms. The molecule has 1 aliphatic carbocycles. The predicted molar refractivity (Wildman–Crippen MR) is 62.6 cm³/mol. The Bertz CT molecular complexity index is 136. The van der Waals surface area contributed by atoms with Gasteiger partial charge in [-0.1, -0.05) is 40.5 Å². The topological polar surface area (TPSA) is 24.1 Å². The van der Waals surface area contributed by atoms with Gasteiger partial charge in [-0.15, -0.1) is 0 Å². The highest BCUT2D eigenvalue weighted by Crippen LogP contribution is 2.19. The number of rotatable bonds is 4. The summed E-state index contributed by atoms with van der Waals surface area (Å²) in [7, 11) is 0. The van der Waals surface area contributed by atoms with Crippen LogP contribution in [0.3, 0.4) is 0 Å². The average Bonchev–Trinajstić information content (AvgIpc) is 2.06. The van der Waals surface area contributed by atoms with Crippen molar-refractivity contribution >= 4 is 0 Å². The lowest BCUT2D eigenvalue weighted by atomic mass is 9.89. The lowest BCUT2D eigenvalue weighted by molar-refractivity contribution is 0.259. The highest BCUT2D eigenvalue weighted by Gasteiger charge is 2.25. The van der Waals surface area contributed by atoms with E-state index in [0.29, 0.717) is 24.2 Å². The van der Waals surface area contributed by atoms with E-state index in [-0.39, 0.29) is 0 Å². The molecule has 2 N–H and O–H groups in total. The largest absolute Gasteiger partial charge is 0.310 e. The third-order valence-corrected chi connectivity index (χ3v) is 2.86. The molecule has 0 saturated heterocycles. The second kappa shape index (κ2) is 5.72. The first-order valence-corrected chi connectivity index (χ1v) is 6.11. The molecule has 1 fully saturated rings. The molecule has 0 bridgehead atoms. The summed E-state index contributed by atoms with van der Waals surface area (Å²) in [5.74, 6) is 0. The molecule has 2 heteroatoms. The minimum Gasteiger partial charge on any atom is -0.310 e. The van der Waals surface area contributed by atoms with Crippen molar-refractivity contribution in [2.45, 2.75) is 77.5 Å². The van der Waals surface area contributed by atoms with Gasteiger partial charge in [-0.2, -0.15) is 0 Å². The Morgan fingerprint density at radius 1 is 0.786 bits per heavy atom. The second-order valence-electron chi connectivity index (χ2n) is 5.14. The van der Waals surface area contributed by atoms with Crippen LogP contribution in [0.4, 0.5) is 0 Å². The molecule has 0 aliphatic heterocycles. The van der Waals surface area contributed by atoms with Crippen molar-refractivity contribution in [1.29, 1.82) is 0 Å². The summed E-state index contributed by atoms with van der Waals surface area (Å²) in [5.41, 5.74) is 0. The van der Waals surface area contributed by atoms with Crippen molar-refractivity contribution in [3.8, 4) is 0 Å². The first-order chi connectivity index (χ1) is 6.59. The molecule has 1 aliphatic rings. The molecular weight excluding hydrogens is 172 g/mol. The van der Waals surface area contributed by atoms with E-state index in [1.165, 1.54) is 25.7 Å². The fourth-order valence-corrected chi connectivity index (χ4v) is 2.39. The van der Waals surface area contributed by atoms with Crippen LogP contribution in [-0.2, 0) is 0 Å². The molecule has 2 atom stereocenters. The molecule has 0 aromatic heterocycles. The fraction of sp³-hybridized carbons (Fsp3) is 1.00. The van der Waals surface area contributed by atoms with Crippen molar-refractivity contribution in [1.82, 2.24) is 10.6 Å². The van der Waals surface area contributed by atoms with Gasteiger partial charge in [0, 0.05) is 24.2 Å². The number of hydrogen-bond donors (Lipinski definition) is 2. The number of hydrogen-bond acceptors (Lipinski definition) is 2. The zero-order chi connectivity index (χ0) is 10.6. The normalized spacial score (nSPS) is 28.7. The van der Waals surface area contributed by atoms with E-state index in [4.69, 9.17) is 0 Å². The molecular formula is C12H26N2. The van der Waals surface area contributed by atoms with Gasteiger partial charge in [0.05, 0.1) is 0 Å². The molecule has 0 aromatic rings. The lowest BCUT2D eigenvalue weighted by Crippen LogP contribution is -2.53. The fourth-order valence-electron chi connectivity index (χ4n) is 2.39. The Labute approximate surface area is 88.8 Å². The summed E-state index contributed by atoms with van der Waals surface area (Å²) in [4.78, 5) is 0. The Morgan fingerprint density at radius 3 is 1.43 bits per heavy atom. The summed E-state index contributed by atoms with van der Waals surface area (Å²) in [5, 5.41) is 7.35. The highest BCUT2D eigenvalue weighted by atomic mass is 15.0. The van der Waals surface area contributed by atoms with Gasteiger partial charge in [-0.3, -0.25) is 0 Å². The molecule has 0 spiro atoms. The van der Waals surface area contributed by atoms with Gasteiger partial charge in [0.1, 0.15) is 0 Å². The molecule has 2 nitrogen and oxygen atoms in total. The standard InChI is InChI=1S/C12H26N2/c1-9(2)13-11-7-5-6-8-12(11)14-10(3)4/h9-14H,5-8H2,1-4H3. The van der Waals surface area contributed by atoms with Gasteiger partial charge >= 0.3 is 0 Å². The minimum absolute atomic E-state index is 0.606. The van der Waals surface area contributed by atoms with Gasteiger partial charge in [0.15, 0.2) is 0 Å². The van der Waals surface area contributed by atoms with Crippen LogP contribution in [0, 0.1) is 0 Å². The zero-order valence-corrected chi connectivity index (χ0v) is 10.1. The van der Waals surface area contributed by atoms with E-state index in [2.05, 4.69) is 38.3 Å². The monoisotopic (exact) mass is 198 g/mol. The summed E-state index contributed by atoms with van der Waals surface area (Å²) in [6.07, 6.45) is 5.45. The van der Waals surface area contributed by atoms with Crippen LogP contribution < -0.4 is 10.6 Å². The number of nitrogens with one attached hydrogen (secondary N) is 2. The van der Waals surface area contributed by atoms with E-state index in [1.807, 2.05) is 0 Å². The molecule has 0 radical (unpaired) electrons. The first kappa shape index (κ1) is 12.0. The van der Waals surface area contributed by atoms with Gasteiger partial charge in [-0.05, 0) is 12.8 Å². The van der Waals surface area contributed by atoms with Crippen LogP contribution in [-0.4, -0.2) is 24.2 Å². The van der Waals surface area contributed by atoms with Gasteiger partial charge in [0.25, 0.3) is 0 Å². The molecule has 1 saturated carbocycles. The summed E-state index contributed by atoms with van der Waals surface area (Å²) >= 11 is 0.